The van der Waals surface area contributed by atoms with Gasteiger partial charge in [-0.2, -0.15) is 0 Å². The van der Waals surface area contributed by atoms with Gasteiger partial charge in [0.1, 0.15) is 0 Å². The van der Waals surface area contributed by atoms with E-state index in [1.165, 1.54) is 24.8 Å². The maximum absolute atomic E-state index is 11.4. The Labute approximate surface area is 97.8 Å². The average Bonchev–Trinajstić information content (AvgIpc) is 2.19. The van der Waals surface area contributed by atoms with E-state index in [2.05, 4.69) is 24.9 Å². The highest BCUT2D eigenvalue weighted by molar-refractivity contribution is 5.92. The van der Waals surface area contributed by atoms with Gasteiger partial charge < -0.3 is 5.32 Å². The highest BCUT2D eigenvalue weighted by atomic mass is 16.1. The minimum absolute atomic E-state index is 0.0161. The Balaban J connectivity index is 1.82. The number of allylic oxidation sites excluding steroid dienone is 2. The second-order valence-corrected chi connectivity index (χ2v) is 5.61. The topological polar surface area (TPSA) is 29.1 Å². The maximum atomic E-state index is 11.4. The Kier molecular flexibility index (Phi) is 2.92. The number of nitrogens with one attached hydrogen (secondary N) is 1. The van der Waals surface area contributed by atoms with Crippen molar-refractivity contribution in [3.8, 4) is 0 Å². The van der Waals surface area contributed by atoms with Gasteiger partial charge in [-0.1, -0.05) is 18.2 Å². The quantitative estimate of drug-likeness (QED) is 0.561. The smallest absolute Gasteiger partial charge is 0.246 e. The Bertz CT molecular complexity index is 348. The summed E-state index contributed by atoms with van der Waals surface area (Å²) in [6.07, 6.45) is 8.42. The lowest BCUT2D eigenvalue weighted by Crippen LogP contribution is -2.51. The van der Waals surface area contributed by atoms with Crippen LogP contribution in [-0.4, -0.2) is 11.9 Å². The molecule has 0 unspecified atom stereocenters. The zero-order valence-electron chi connectivity index (χ0n) is 10.3. The predicted molar refractivity (Wildman–Crippen MR) is 66.0 cm³/mol. The lowest BCUT2D eigenvalue weighted by atomic mass is 9.59. The van der Waals surface area contributed by atoms with Crippen molar-refractivity contribution < 1.29 is 4.79 Å². The summed E-state index contributed by atoms with van der Waals surface area (Å²) in [6.45, 7) is 7.63. The Morgan fingerprint density at radius 2 is 2.25 bits per heavy atom. The molecule has 0 aromatic carbocycles. The molecule has 2 rings (SSSR count). The highest BCUT2D eigenvalue weighted by Gasteiger charge is 2.44. The van der Waals surface area contributed by atoms with Crippen LogP contribution in [-0.2, 0) is 4.79 Å². The van der Waals surface area contributed by atoms with E-state index in [1.807, 2.05) is 0 Å². The zero-order valence-corrected chi connectivity index (χ0v) is 10.3. The van der Waals surface area contributed by atoms with Gasteiger partial charge >= 0.3 is 0 Å². The molecule has 1 fully saturated rings. The molecular formula is C14H21NO. The summed E-state index contributed by atoms with van der Waals surface area (Å²) in [7, 11) is 0. The largest absolute Gasteiger partial charge is 0.350 e. The van der Waals surface area contributed by atoms with Crippen molar-refractivity contribution in [2.45, 2.75) is 52.0 Å². The molecule has 0 aliphatic heterocycles. The average molecular weight is 219 g/mol. The van der Waals surface area contributed by atoms with Crippen LogP contribution >= 0.6 is 0 Å². The van der Waals surface area contributed by atoms with Crippen LogP contribution in [0.25, 0.3) is 0 Å². The van der Waals surface area contributed by atoms with E-state index in [-0.39, 0.29) is 5.91 Å². The van der Waals surface area contributed by atoms with Gasteiger partial charge in [0, 0.05) is 11.6 Å². The molecule has 0 radical (unpaired) electrons. The van der Waals surface area contributed by atoms with Crippen LogP contribution in [0, 0.1) is 5.41 Å². The molecule has 2 aliphatic carbocycles. The van der Waals surface area contributed by atoms with Gasteiger partial charge in [0.25, 0.3) is 0 Å². The number of hydrogen-bond donors (Lipinski definition) is 1. The number of carbonyl (C=O) groups is 1. The molecule has 0 bridgehead atoms. The fourth-order valence-corrected chi connectivity index (χ4v) is 2.82. The first-order chi connectivity index (χ1) is 7.51. The van der Waals surface area contributed by atoms with E-state index in [4.69, 9.17) is 0 Å². The fraction of sp³-hybridized carbons (Fsp3) is 0.643. The van der Waals surface area contributed by atoms with Gasteiger partial charge in [-0.3, -0.25) is 4.79 Å². The minimum Gasteiger partial charge on any atom is -0.350 e. The van der Waals surface area contributed by atoms with Crippen LogP contribution in [0.1, 0.15) is 46.0 Å². The van der Waals surface area contributed by atoms with Gasteiger partial charge in [-0.15, -0.1) is 0 Å². The van der Waals surface area contributed by atoms with Crippen molar-refractivity contribution >= 4 is 5.91 Å². The third-order valence-electron chi connectivity index (χ3n) is 4.01. The molecule has 2 nitrogen and oxygen atoms in total. The normalized spacial score (nSPS) is 32.9. The van der Waals surface area contributed by atoms with Crippen molar-refractivity contribution in [3.05, 3.63) is 23.8 Å². The van der Waals surface area contributed by atoms with Crippen LogP contribution in [0.5, 0.6) is 0 Å². The highest BCUT2D eigenvalue weighted by Crippen LogP contribution is 2.50. The monoisotopic (exact) mass is 219 g/mol. The van der Waals surface area contributed by atoms with Crippen molar-refractivity contribution in [1.82, 2.24) is 5.32 Å². The Hall–Kier alpha value is -1.05. The van der Waals surface area contributed by atoms with Gasteiger partial charge in [-0.25, -0.2) is 0 Å². The first-order valence-electron chi connectivity index (χ1n) is 6.13. The first-order valence-corrected chi connectivity index (χ1v) is 6.13. The van der Waals surface area contributed by atoms with Gasteiger partial charge in [0.05, 0.1) is 0 Å². The molecule has 2 heteroatoms. The second kappa shape index (κ2) is 4.08. The van der Waals surface area contributed by atoms with E-state index in [9.17, 15) is 4.79 Å². The lowest BCUT2D eigenvalue weighted by molar-refractivity contribution is -0.119. The molecule has 16 heavy (non-hydrogen) atoms. The molecule has 2 aliphatic rings. The SMILES string of the molecule is C=C(C)C(=O)NC1CC2(CC=C(C)CC2)C1. The van der Waals surface area contributed by atoms with E-state index in [0.29, 0.717) is 17.0 Å². The zero-order chi connectivity index (χ0) is 11.8. The van der Waals surface area contributed by atoms with Crippen molar-refractivity contribution in [2.75, 3.05) is 0 Å². The molecule has 1 amide bonds. The summed E-state index contributed by atoms with van der Waals surface area (Å²) >= 11 is 0. The third kappa shape index (κ3) is 2.21. The summed E-state index contributed by atoms with van der Waals surface area (Å²) in [5.74, 6) is 0.0161. The van der Waals surface area contributed by atoms with Crippen LogP contribution in [0.3, 0.4) is 0 Å². The summed E-state index contributed by atoms with van der Waals surface area (Å²) in [6, 6.07) is 0.385. The van der Waals surface area contributed by atoms with E-state index >= 15 is 0 Å². The fourth-order valence-electron chi connectivity index (χ4n) is 2.82. The van der Waals surface area contributed by atoms with E-state index in [1.54, 1.807) is 6.92 Å². The molecule has 1 saturated carbocycles. The number of carbonyl (C=O) groups excluding carboxylic acids is 1. The molecule has 0 aromatic heterocycles. The standard InChI is InChI=1S/C14H21NO/c1-10(2)13(16)15-12-8-14(9-12)6-4-11(3)5-7-14/h4,12H,1,5-9H2,2-3H3,(H,15,16). The van der Waals surface area contributed by atoms with E-state index < -0.39 is 0 Å². The predicted octanol–water partition coefficient (Wildman–Crippen LogP) is 2.96. The lowest BCUT2D eigenvalue weighted by Gasteiger charge is -2.49. The van der Waals surface area contributed by atoms with Crippen LogP contribution in [0.4, 0.5) is 0 Å². The Morgan fingerprint density at radius 3 is 2.75 bits per heavy atom. The summed E-state index contributed by atoms with van der Waals surface area (Å²) in [5, 5.41) is 3.04. The molecule has 0 aromatic rings. The second-order valence-electron chi connectivity index (χ2n) is 5.61. The van der Waals surface area contributed by atoms with E-state index in [0.717, 1.165) is 12.8 Å². The van der Waals surface area contributed by atoms with Gasteiger partial charge in [-0.05, 0) is 51.4 Å². The number of hydrogen-bond acceptors (Lipinski definition) is 1. The summed E-state index contributed by atoms with van der Waals surface area (Å²) in [4.78, 5) is 11.4. The van der Waals surface area contributed by atoms with Crippen molar-refractivity contribution in [1.29, 1.82) is 0 Å². The van der Waals surface area contributed by atoms with Crippen LogP contribution in [0.2, 0.25) is 0 Å². The summed E-state index contributed by atoms with van der Waals surface area (Å²) in [5.41, 5.74) is 2.65. The molecule has 1 N–H and O–H groups in total. The molecule has 0 heterocycles. The molecule has 88 valence electrons. The first kappa shape index (κ1) is 11.4. The van der Waals surface area contributed by atoms with Gasteiger partial charge in [0.2, 0.25) is 5.91 Å². The molecule has 0 atom stereocenters. The summed E-state index contributed by atoms with van der Waals surface area (Å²) < 4.78 is 0. The minimum atomic E-state index is 0.0161. The number of rotatable bonds is 2. The molecule has 0 saturated heterocycles. The van der Waals surface area contributed by atoms with Crippen LogP contribution < -0.4 is 5.32 Å². The van der Waals surface area contributed by atoms with Crippen molar-refractivity contribution in [2.24, 2.45) is 5.41 Å². The van der Waals surface area contributed by atoms with Crippen LogP contribution in [0.15, 0.2) is 23.8 Å². The molecular weight excluding hydrogens is 198 g/mol. The third-order valence-corrected chi connectivity index (χ3v) is 4.01. The number of amides is 1. The maximum Gasteiger partial charge on any atom is 0.246 e. The van der Waals surface area contributed by atoms with Gasteiger partial charge in [0.15, 0.2) is 0 Å². The molecule has 1 spiro atoms. The van der Waals surface area contributed by atoms with Crippen molar-refractivity contribution in [3.63, 3.8) is 0 Å². The Morgan fingerprint density at radius 1 is 1.56 bits per heavy atom.